The van der Waals surface area contributed by atoms with Gasteiger partial charge in [-0.05, 0) is 35.4 Å². The van der Waals surface area contributed by atoms with E-state index in [9.17, 15) is 18.0 Å². The van der Waals surface area contributed by atoms with Gasteiger partial charge in [0.25, 0.3) is 5.91 Å². The van der Waals surface area contributed by atoms with Gasteiger partial charge in [-0.15, -0.1) is 0 Å². The highest BCUT2D eigenvalue weighted by Crippen LogP contribution is 2.29. The number of hydrogen-bond donors (Lipinski definition) is 1. The minimum Gasteiger partial charge on any atom is -0.497 e. The van der Waals surface area contributed by atoms with E-state index in [4.69, 9.17) is 14.2 Å². The fourth-order valence-corrected chi connectivity index (χ4v) is 3.00. The Bertz CT molecular complexity index is 1010. The number of ether oxygens (including phenoxy) is 3. The molecule has 1 amide bonds. The van der Waals surface area contributed by atoms with Gasteiger partial charge in [-0.2, -0.15) is 13.2 Å². The number of alkyl halides is 3. The van der Waals surface area contributed by atoms with Gasteiger partial charge in [0.2, 0.25) is 0 Å². The molecule has 0 bridgehead atoms. The van der Waals surface area contributed by atoms with Crippen LogP contribution in [0.4, 0.5) is 13.2 Å². The van der Waals surface area contributed by atoms with Crippen molar-refractivity contribution in [2.45, 2.75) is 12.2 Å². The van der Waals surface area contributed by atoms with Crippen molar-refractivity contribution in [3.8, 4) is 17.2 Å². The number of benzene rings is 3. The molecule has 32 heavy (non-hydrogen) atoms. The summed E-state index contributed by atoms with van der Waals surface area (Å²) in [5.74, 6) is 0.200. The molecular weight excluding hydrogens is 423 g/mol. The van der Waals surface area contributed by atoms with Crippen molar-refractivity contribution in [2.24, 2.45) is 0 Å². The van der Waals surface area contributed by atoms with Crippen molar-refractivity contribution >= 4 is 5.91 Å². The number of rotatable bonds is 9. The summed E-state index contributed by atoms with van der Waals surface area (Å²) in [6.07, 6.45) is -4.48. The molecule has 1 atom stereocenters. The molecule has 3 aromatic carbocycles. The van der Waals surface area contributed by atoms with E-state index < -0.39 is 31.3 Å². The van der Waals surface area contributed by atoms with E-state index in [1.54, 1.807) is 25.3 Å². The van der Waals surface area contributed by atoms with Gasteiger partial charge in [-0.3, -0.25) is 4.79 Å². The zero-order valence-electron chi connectivity index (χ0n) is 17.3. The molecular formula is C24H22F3NO4. The zero-order valence-corrected chi connectivity index (χ0v) is 17.3. The summed E-state index contributed by atoms with van der Waals surface area (Å²) in [7, 11) is 1.57. The lowest BCUT2D eigenvalue weighted by Gasteiger charge is -2.20. The molecule has 0 aliphatic carbocycles. The molecule has 0 aromatic heterocycles. The standard InChI is InChI=1S/C24H22F3NO4/c1-30-19-13-11-18(12-14-19)23(17-7-3-2-4-8-17)28-22(29)15-31-20-9-5-6-10-21(20)32-16-24(25,26)27/h2-14,23H,15-16H2,1H3,(H,28,29). The van der Waals surface area contributed by atoms with Gasteiger partial charge < -0.3 is 19.5 Å². The lowest BCUT2D eigenvalue weighted by Crippen LogP contribution is -2.33. The molecule has 0 heterocycles. The third-order valence-corrected chi connectivity index (χ3v) is 4.49. The number of carbonyl (C=O) groups is 1. The largest absolute Gasteiger partial charge is 0.497 e. The maximum atomic E-state index is 12.6. The summed E-state index contributed by atoms with van der Waals surface area (Å²) in [6, 6.07) is 22.1. The maximum Gasteiger partial charge on any atom is 0.422 e. The minimum atomic E-state index is -4.48. The van der Waals surface area contributed by atoms with E-state index in [0.717, 1.165) is 11.1 Å². The van der Waals surface area contributed by atoms with E-state index in [0.29, 0.717) is 5.75 Å². The van der Waals surface area contributed by atoms with Gasteiger partial charge in [0.1, 0.15) is 5.75 Å². The third kappa shape index (κ3) is 6.66. The smallest absolute Gasteiger partial charge is 0.422 e. The summed E-state index contributed by atoms with van der Waals surface area (Å²) < 4.78 is 52.8. The average Bonchev–Trinajstić information content (AvgIpc) is 2.80. The fourth-order valence-electron chi connectivity index (χ4n) is 3.00. The Labute approximate surface area is 183 Å². The minimum absolute atomic E-state index is 0.0487. The highest BCUT2D eigenvalue weighted by molar-refractivity contribution is 5.78. The monoisotopic (exact) mass is 445 g/mol. The second-order valence-corrected chi connectivity index (χ2v) is 6.82. The van der Waals surface area contributed by atoms with Crippen LogP contribution in [-0.4, -0.2) is 32.4 Å². The van der Waals surface area contributed by atoms with Crippen LogP contribution >= 0.6 is 0 Å². The molecule has 0 radical (unpaired) electrons. The molecule has 0 aliphatic heterocycles. The number of carbonyl (C=O) groups excluding carboxylic acids is 1. The molecule has 1 N–H and O–H groups in total. The summed E-state index contributed by atoms with van der Waals surface area (Å²) >= 11 is 0. The summed E-state index contributed by atoms with van der Waals surface area (Å²) in [5, 5.41) is 2.91. The van der Waals surface area contributed by atoms with Crippen molar-refractivity contribution < 1.29 is 32.2 Å². The molecule has 0 aliphatic rings. The normalized spacial score (nSPS) is 12.0. The van der Waals surface area contributed by atoms with E-state index in [-0.39, 0.29) is 11.5 Å². The Balaban J connectivity index is 1.70. The molecule has 3 aromatic rings. The number of halogens is 3. The first-order valence-electron chi connectivity index (χ1n) is 9.75. The zero-order chi connectivity index (χ0) is 23.0. The second kappa shape index (κ2) is 10.6. The molecule has 168 valence electrons. The Morgan fingerprint density at radius 1 is 0.844 bits per heavy atom. The van der Waals surface area contributed by atoms with Crippen LogP contribution in [0.5, 0.6) is 17.2 Å². The summed E-state index contributed by atoms with van der Waals surface area (Å²) in [4.78, 5) is 12.6. The van der Waals surface area contributed by atoms with Crippen molar-refractivity contribution in [3.63, 3.8) is 0 Å². The molecule has 0 spiro atoms. The van der Waals surface area contributed by atoms with Gasteiger partial charge in [-0.1, -0.05) is 54.6 Å². The molecule has 3 rings (SSSR count). The van der Waals surface area contributed by atoms with Gasteiger partial charge >= 0.3 is 6.18 Å². The van der Waals surface area contributed by atoms with Crippen LogP contribution in [0.2, 0.25) is 0 Å². The fraction of sp³-hybridized carbons (Fsp3) is 0.208. The van der Waals surface area contributed by atoms with Gasteiger partial charge in [0, 0.05) is 0 Å². The van der Waals surface area contributed by atoms with E-state index in [1.807, 2.05) is 42.5 Å². The second-order valence-electron chi connectivity index (χ2n) is 6.82. The number of methoxy groups -OCH3 is 1. The highest BCUT2D eigenvalue weighted by Gasteiger charge is 2.29. The Hall–Kier alpha value is -3.68. The van der Waals surface area contributed by atoms with Crippen molar-refractivity contribution in [3.05, 3.63) is 90.0 Å². The van der Waals surface area contributed by atoms with Gasteiger partial charge in [0.05, 0.1) is 13.2 Å². The van der Waals surface area contributed by atoms with Gasteiger partial charge in [0.15, 0.2) is 24.7 Å². The van der Waals surface area contributed by atoms with Crippen LogP contribution in [-0.2, 0) is 4.79 Å². The summed E-state index contributed by atoms with van der Waals surface area (Å²) in [6.45, 7) is -1.85. The lowest BCUT2D eigenvalue weighted by molar-refractivity contribution is -0.153. The average molecular weight is 445 g/mol. The number of nitrogens with one attached hydrogen (secondary N) is 1. The summed E-state index contributed by atoms with van der Waals surface area (Å²) in [5.41, 5.74) is 1.69. The quantitative estimate of drug-likeness (QED) is 0.508. The molecule has 8 heteroatoms. The van der Waals surface area contributed by atoms with Crippen molar-refractivity contribution in [1.82, 2.24) is 5.32 Å². The molecule has 1 unspecified atom stereocenters. The molecule has 0 saturated carbocycles. The van der Waals surface area contributed by atoms with Crippen LogP contribution in [0.25, 0.3) is 0 Å². The SMILES string of the molecule is COc1ccc(C(NC(=O)COc2ccccc2OCC(F)(F)F)c2ccccc2)cc1. The number of hydrogen-bond acceptors (Lipinski definition) is 4. The van der Waals surface area contributed by atoms with E-state index in [2.05, 4.69) is 5.32 Å². The topological polar surface area (TPSA) is 56.8 Å². The van der Waals surface area contributed by atoms with Crippen LogP contribution in [0.1, 0.15) is 17.2 Å². The molecule has 0 fully saturated rings. The molecule has 0 saturated heterocycles. The third-order valence-electron chi connectivity index (χ3n) is 4.49. The number of para-hydroxylation sites is 2. The van der Waals surface area contributed by atoms with Crippen molar-refractivity contribution in [2.75, 3.05) is 20.3 Å². The Morgan fingerprint density at radius 3 is 2.00 bits per heavy atom. The highest BCUT2D eigenvalue weighted by atomic mass is 19.4. The van der Waals surface area contributed by atoms with Gasteiger partial charge in [-0.25, -0.2) is 0 Å². The molecule has 5 nitrogen and oxygen atoms in total. The Morgan fingerprint density at radius 2 is 1.41 bits per heavy atom. The number of amides is 1. The van der Waals surface area contributed by atoms with Crippen LogP contribution < -0.4 is 19.5 Å². The van der Waals surface area contributed by atoms with Crippen molar-refractivity contribution in [1.29, 1.82) is 0 Å². The lowest BCUT2D eigenvalue weighted by atomic mass is 9.98. The van der Waals surface area contributed by atoms with E-state index in [1.165, 1.54) is 18.2 Å². The van der Waals surface area contributed by atoms with Crippen LogP contribution in [0, 0.1) is 0 Å². The predicted octanol–water partition coefficient (Wildman–Crippen LogP) is 4.92. The first kappa shape index (κ1) is 23.0. The van der Waals surface area contributed by atoms with Crippen LogP contribution in [0.3, 0.4) is 0 Å². The predicted molar refractivity (Wildman–Crippen MR) is 113 cm³/mol. The first-order valence-corrected chi connectivity index (χ1v) is 9.75. The van der Waals surface area contributed by atoms with Crippen LogP contribution in [0.15, 0.2) is 78.9 Å². The Kier molecular flexibility index (Phi) is 7.59. The van der Waals surface area contributed by atoms with E-state index >= 15 is 0 Å². The first-order chi connectivity index (χ1) is 15.4. The maximum absolute atomic E-state index is 12.6.